The van der Waals surface area contributed by atoms with Gasteiger partial charge in [-0.3, -0.25) is 4.79 Å². The van der Waals surface area contributed by atoms with Gasteiger partial charge in [-0.15, -0.1) is 0 Å². The van der Waals surface area contributed by atoms with Crippen molar-refractivity contribution in [1.82, 2.24) is 4.90 Å². The molecule has 0 spiro atoms. The second kappa shape index (κ2) is 3.26. The number of hydrogen-bond donors (Lipinski definition) is 0. The Morgan fingerprint density at radius 2 is 2.20 bits per heavy atom. The van der Waals surface area contributed by atoms with E-state index in [1.54, 1.807) is 0 Å². The van der Waals surface area contributed by atoms with Crippen LogP contribution in [-0.4, -0.2) is 24.0 Å². The second-order valence-electron chi connectivity index (χ2n) is 4.03. The lowest BCUT2D eigenvalue weighted by atomic mass is 10.0. The Labute approximate surface area is 88.6 Å². The van der Waals surface area contributed by atoms with Crippen molar-refractivity contribution in [2.24, 2.45) is 0 Å². The molecule has 1 fully saturated rings. The van der Waals surface area contributed by atoms with Crippen molar-refractivity contribution in [3.63, 3.8) is 0 Å². The molecule has 3 nitrogen and oxygen atoms in total. The fraction of sp³-hybridized carbons (Fsp3) is 0.417. The fourth-order valence-corrected chi connectivity index (χ4v) is 2.48. The van der Waals surface area contributed by atoms with Gasteiger partial charge in [-0.05, 0) is 12.5 Å². The third-order valence-electron chi connectivity index (χ3n) is 3.20. The Morgan fingerprint density at radius 1 is 1.33 bits per heavy atom. The van der Waals surface area contributed by atoms with Gasteiger partial charge in [0.2, 0.25) is 5.91 Å². The molecule has 2 aliphatic rings. The number of nitrogens with zero attached hydrogens (tertiary/aromatic N) is 1. The number of amides is 1. The lowest BCUT2D eigenvalue weighted by molar-refractivity contribution is -0.129. The molecule has 15 heavy (non-hydrogen) atoms. The van der Waals surface area contributed by atoms with Crippen molar-refractivity contribution < 1.29 is 9.53 Å². The molecule has 2 aliphatic heterocycles. The monoisotopic (exact) mass is 203 g/mol. The van der Waals surface area contributed by atoms with E-state index in [9.17, 15) is 4.79 Å². The van der Waals surface area contributed by atoms with Gasteiger partial charge in [-0.2, -0.15) is 0 Å². The molecule has 1 amide bonds. The van der Waals surface area contributed by atoms with E-state index in [0.29, 0.717) is 13.0 Å². The Balaban J connectivity index is 2.06. The molecular formula is C12H13NO2. The summed E-state index contributed by atoms with van der Waals surface area (Å²) in [5.41, 5.74) is 1.17. The molecule has 0 N–H and O–H groups in total. The number of benzene rings is 1. The van der Waals surface area contributed by atoms with Gasteiger partial charge >= 0.3 is 0 Å². The van der Waals surface area contributed by atoms with Gasteiger partial charge < -0.3 is 9.64 Å². The van der Waals surface area contributed by atoms with Crippen LogP contribution < -0.4 is 4.74 Å². The van der Waals surface area contributed by atoms with Crippen LogP contribution in [0.2, 0.25) is 0 Å². The SMILES string of the molecule is O=C1CCC2c3ccccc3OCCN12. The van der Waals surface area contributed by atoms with Crippen molar-refractivity contribution in [3.8, 4) is 5.75 Å². The summed E-state index contributed by atoms with van der Waals surface area (Å²) in [5.74, 6) is 1.21. The Hall–Kier alpha value is -1.51. The van der Waals surface area contributed by atoms with Gasteiger partial charge in [-0.1, -0.05) is 18.2 Å². The van der Waals surface area contributed by atoms with Crippen LogP contribution in [0.5, 0.6) is 5.75 Å². The van der Waals surface area contributed by atoms with E-state index < -0.39 is 0 Å². The van der Waals surface area contributed by atoms with E-state index in [0.717, 1.165) is 18.7 Å². The topological polar surface area (TPSA) is 29.5 Å². The first-order chi connectivity index (χ1) is 7.36. The van der Waals surface area contributed by atoms with Crippen molar-refractivity contribution in [2.75, 3.05) is 13.2 Å². The maximum absolute atomic E-state index is 11.6. The molecule has 0 bridgehead atoms. The fourth-order valence-electron chi connectivity index (χ4n) is 2.48. The predicted molar refractivity (Wildman–Crippen MR) is 55.6 cm³/mol. The molecule has 0 saturated carbocycles. The number of rotatable bonds is 0. The molecule has 1 saturated heterocycles. The highest BCUT2D eigenvalue weighted by molar-refractivity contribution is 5.79. The third kappa shape index (κ3) is 1.30. The van der Waals surface area contributed by atoms with Crippen LogP contribution in [0.3, 0.4) is 0 Å². The summed E-state index contributed by atoms with van der Waals surface area (Å²) >= 11 is 0. The van der Waals surface area contributed by atoms with Gasteiger partial charge in [0.05, 0.1) is 12.6 Å². The molecule has 0 radical (unpaired) electrons. The van der Waals surface area contributed by atoms with Gasteiger partial charge in [0, 0.05) is 12.0 Å². The molecular weight excluding hydrogens is 190 g/mol. The van der Waals surface area contributed by atoms with Crippen molar-refractivity contribution >= 4 is 5.91 Å². The summed E-state index contributed by atoms with van der Waals surface area (Å²) < 4.78 is 5.64. The Kier molecular flexibility index (Phi) is 1.91. The lowest BCUT2D eigenvalue weighted by Gasteiger charge is -2.21. The van der Waals surface area contributed by atoms with Crippen LogP contribution in [0.4, 0.5) is 0 Å². The molecule has 3 heteroatoms. The maximum atomic E-state index is 11.6. The molecule has 1 atom stereocenters. The summed E-state index contributed by atoms with van der Waals surface area (Å²) in [6.07, 6.45) is 1.61. The average molecular weight is 203 g/mol. The number of carbonyl (C=O) groups is 1. The Morgan fingerprint density at radius 3 is 3.13 bits per heavy atom. The highest BCUT2D eigenvalue weighted by atomic mass is 16.5. The smallest absolute Gasteiger partial charge is 0.223 e. The molecule has 78 valence electrons. The minimum atomic E-state index is 0.246. The van der Waals surface area contributed by atoms with E-state index >= 15 is 0 Å². The number of ether oxygens (including phenoxy) is 1. The summed E-state index contributed by atoms with van der Waals surface area (Å²) in [5, 5.41) is 0. The average Bonchev–Trinajstić information content (AvgIpc) is 2.53. The summed E-state index contributed by atoms with van der Waals surface area (Å²) in [4.78, 5) is 13.6. The summed E-state index contributed by atoms with van der Waals surface area (Å²) in [6, 6.07) is 8.29. The van der Waals surface area contributed by atoms with E-state index in [1.807, 2.05) is 23.1 Å². The van der Waals surface area contributed by atoms with Gasteiger partial charge in [0.1, 0.15) is 12.4 Å². The molecule has 3 rings (SSSR count). The van der Waals surface area contributed by atoms with Crippen LogP contribution in [0.15, 0.2) is 24.3 Å². The van der Waals surface area contributed by atoms with E-state index in [2.05, 4.69) is 6.07 Å². The Bertz CT molecular complexity index is 402. The molecule has 1 aromatic carbocycles. The number of carbonyl (C=O) groups excluding carboxylic acids is 1. The highest BCUT2D eigenvalue weighted by Crippen LogP contribution is 2.38. The van der Waals surface area contributed by atoms with Crippen molar-refractivity contribution in [3.05, 3.63) is 29.8 Å². The maximum Gasteiger partial charge on any atom is 0.223 e. The molecule has 1 unspecified atom stereocenters. The van der Waals surface area contributed by atoms with Crippen LogP contribution in [0.25, 0.3) is 0 Å². The van der Waals surface area contributed by atoms with Crippen LogP contribution in [0.1, 0.15) is 24.4 Å². The largest absolute Gasteiger partial charge is 0.491 e. The first kappa shape index (κ1) is 8.77. The number of para-hydroxylation sites is 1. The first-order valence-corrected chi connectivity index (χ1v) is 5.37. The zero-order valence-electron chi connectivity index (χ0n) is 8.48. The van der Waals surface area contributed by atoms with Gasteiger partial charge in [-0.25, -0.2) is 0 Å². The van der Waals surface area contributed by atoms with Crippen molar-refractivity contribution in [1.29, 1.82) is 0 Å². The van der Waals surface area contributed by atoms with Gasteiger partial charge in [0.15, 0.2) is 0 Å². The van der Waals surface area contributed by atoms with E-state index in [4.69, 9.17) is 4.74 Å². The lowest BCUT2D eigenvalue weighted by Crippen LogP contribution is -2.29. The first-order valence-electron chi connectivity index (χ1n) is 5.37. The van der Waals surface area contributed by atoms with Crippen LogP contribution in [0, 0.1) is 0 Å². The second-order valence-corrected chi connectivity index (χ2v) is 4.03. The quantitative estimate of drug-likeness (QED) is 0.642. The minimum absolute atomic E-state index is 0.246. The van der Waals surface area contributed by atoms with E-state index in [-0.39, 0.29) is 11.9 Å². The zero-order valence-corrected chi connectivity index (χ0v) is 8.48. The molecule has 2 heterocycles. The van der Waals surface area contributed by atoms with Crippen LogP contribution >= 0.6 is 0 Å². The van der Waals surface area contributed by atoms with E-state index in [1.165, 1.54) is 5.56 Å². The van der Waals surface area contributed by atoms with Crippen LogP contribution in [-0.2, 0) is 4.79 Å². The molecule has 0 aromatic heterocycles. The normalized spacial score (nSPS) is 24.1. The van der Waals surface area contributed by atoms with Gasteiger partial charge in [0.25, 0.3) is 0 Å². The predicted octanol–water partition coefficient (Wildman–Crippen LogP) is 1.74. The minimum Gasteiger partial charge on any atom is -0.491 e. The molecule has 0 aliphatic carbocycles. The zero-order chi connectivity index (χ0) is 10.3. The summed E-state index contributed by atoms with van der Waals surface area (Å²) in [6.45, 7) is 1.33. The standard InChI is InChI=1S/C12H13NO2/c14-12-6-5-10-9-3-1-2-4-11(9)15-8-7-13(10)12/h1-4,10H,5-8H2. The number of hydrogen-bond acceptors (Lipinski definition) is 2. The highest BCUT2D eigenvalue weighted by Gasteiger charge is 2.34. The number of fused-ring (bicyclic) bond motifs is 3. The summed E-state index contributed by atoms with van der Waals surface area (Å²) in [7, 11) is 0. The molecule has 1 aromatic rings. The third-order valence-corrected chi connectivity index (χ3v) is 3.20. The van der Waals surface area contributed by atoms with Crippen molar-refractivity contribution in [2.45, 2.75) is 18.9 Å².